The summed E-state index contributed by atoms with van der Waals surface area (Å²) in [5.41, 5.74) is 2.53. The molecule has 0 saturated heterocycles. The van der Waals surface area contributed by atoms with Crippen LogP contribution in [0.15, 0.2) is 42.9 Å². The van der Waals surface area contributed by atoms with Gasteiger partial charge < -0.3 is 9.88 Å². The second kappa shape index (κ2) is 5.36. The van der Waals surface area contributed by atoms with E-state index in [2.05, 4.69) is 39.4 Å². The zero-order valence-electron chi connectivity index (χ0n) is 10.5. The van der Waals surface area contributed by atoms with E-state index < -0.39 is 0 Å². The summed E-state index contributed by atoms with van der Waals surface area (Å²) in [7, 11) is 0. The summed E-state index contributed by atoms with van der Waals surface area (Å²) in [6.45, 7) is 2.00. The lowest BCUT2D eigenvalue weighted by Crippen LogP contribution is -2.14. The van der Waals surface area contributed by atoms with Crippen molar-refractivity contribution in [3.8, 4) is 0 Å². The molecule has 0 spiro atoms. The molecule has 1 N–H and O–H groups in total. The number of hydrogen-bond acceptors (Lipinski definition) is 2. The van der Waals surface area contributed by atoms with Crippen LogP contribution in [0.25, 0.3) is 0 Å². The largest absolute Gasteiger partial charge is 0.354 e. The van der Waals surface area contributed by atoms with Gasteiger partial charge in [0.05, 0.1) is 0 Å². The Bertz CT molecular complexity index is 485. The molecule has 3 heteroatoms. The molecule has 0 bridgehead atoms. The van der Waals surface area contributed by atoms with Gasteiger partial charge in [-0.2, -0.15) is 0 Å². The molecule has 0 amide bonds. The Morgan fingerprint density at radius 3 is 3.00 bits per heavy atom. The zero-order valence-corrected chi connectivity index (χ0v) is 10.5. The van der Waals surface area contributed by atoms with Crippen LogP contribution in [0.5, 0.6) is 0 Å². The molecular formula is C15H19N3. The van der Waals surface area contributed by atoms with Crippen molar-refractivity contribution >= 4 is 0 Å². The van der Waals surface area contributed by atoms with E-state index in [4.69, 9.17) is 0 Å². The molecule has 2 aromatic rings. The van der Waals surface area contributed by atoms with E-state index in [-0.39, 0.29) is 0 Å². The molecule has 3 nitrogen and oxygen atoms in total. The number of hydrogen-bond donors (Lipinski definition) is 1. The van der Waals surface area contributed by atoms with Crippen LogP contribution >= 0.6 is 0 Å². The van der Waals surface area contributed by atoms with E-state index in [0.717, 1.165) is 31.2 Å². The quantitative estimate of drug-likeness (QED) is 0.841. The molecule has 0 aromatic carbocycles. The summed E-state index contributed by atoms with van der Waals surface area (Å²) in [5.74, 6) is 0. The molecule has 0 aliphatic heterocycles. The van der Waals surface area contributed by atoms with E-state index in [1.165, 1.54) is 18.4 Å². The molecule has 0 unspecified atom stereocenters. The molecule has 0 radical (unpaired) electrons. The van der Waals surface area contributed by atoms with Crippen molar-refractivity contribution in [2.45, 2.75) is 38.4 Å². The SMILES string of the molecule is c1ccc(CCn2ccc(CNC3CC3)c2)nc1. The highest BCUT2D eigenvalue weighted by molar-refractivity contribution is 5.11. The fourth-order valence-corrected chi connectivity index (χ4v) is 2.07. The molecule has 0 atom stereocenters. The topological polar surface area (TPSA) is 29.9 Å². The van der Waals surface area contributed by atoms with Crippen molar-refractivity contribution in [3.05, 3.63) is 54.1 Å². The third-order valence-corrected chi connectivity index (χ3v) is 3.34. The van der Waals surface area contributed by atoms with Gasteiger partial charge in [-0.3, -0.25) is 4.98 Å². The van der Waals surface area contributed by atoms with Crippen LogP contribution in [0.3, 0.4) is 0 Å². The zero-order chi connectivity index (χ0) is 12.2. The van der Waals surface area contributed by atoms with Gasteiger partial charge in [-0.05, 0) is 36.6 Å². The van der Waals surface area contributed by atoms with Crippen LogP contribution in [-0.4, -0.2) is 15.6 Å². The molecule has 1 saturated carbocycles. The first-order chi connectivity index (χ1) is 8.90. The molecular weight excluding hydrogens is 222 g/mol. The van der Waals surface area contributed by atoms with Gasteiger partial charge in [-0.1, -0.05) is 6.07 Å². The van der Waals surface area contributed by atoms with E-state index in [0.29, 0.717) is 0 Å². The highest BCUT2D eigenvalue weighted by Gasteiger charge is 2.19. The summed E-state index contributed by atoms with van der Waals surface area (Å²) in [6.07, 6.45) is 9.94. The molecule has 2 heterocycles. The van der Waals surface area contributed by atoms with E-state index in [1.54, 1.807) is 0 Å². The lowest BCUT2D eigenvalue weighted by atomic mass is 10.3. The van der Waals surface area contributed by atoms with Crippen LogP contribution in [-0.2, 0) is 19.5 Å². The molecule has 2 aromatic heterocycles. The van der Waals surface area contributed by atoms with Gasteiger partial charge in [-0.15, -0.1) is 0 Å². The molecule has 1 aliphatic rings. The minimum absolute atomic E-state index is 0.780. The smallest absolute Gasteiger partial charge is 0.0421 e. The van der Waals surface area contributed by atoms with Crippen LogP contribution in [0.4, 0.5) is 0 Å². The second-order valence-corrected chi connectivity index (χ2v) is 4.98. The Morgan fingerprint density at radius 2 is 2.22 bits per heavy atom. The number of aryl methyl sites for hydroxylation is 2. The third kappa shape index (κ3) is 3.20. The molecule has 3 rings (SSSR count). The fourth-order valence-electron chi connectivity index (χ4n) is 2.07. The summed E-state index contributed by atoms with van der Waals surface area (Å²) in [6, 6.07) is 9.07. The monoisotopic (exact) mass is 241 g/mol. The maximum absolute atomic E-state index is 4.34. The maximum atomic E-state index is 4.34. The standard InChI is InChI=1S/C15H19N3/c1-2-8-16-14(3-1)7-10-18-9-6-13(12-18)11-17-15-4-5-15/h1-3,6,8-9,12,15,17H,4-5,7,10-11H2. The van der Waals surface area contributed by atoms with Crippen molar-refractivity contribution in [3.63, 3.8) is 0 Å². The fraction of sp³-hybridized carbons (Fsp3) is 0.400. The average molecular weight is 241 g/mol. The van der Waals surface area contributed by atoms with Crippen molar-refractivity contribution in [1.82, 2.24) is 14.9 Å². The van der Waals surface area contributed by atoms with Crippen molar-refractivity contribution in [2.24, 2.45) is 0 Å². The predicted molar refractivity (Wildman–Crippen MR) is 72.2 cm³/mol. The van der Waals surface area contributed by atoms with Crippen molar-refractivity contribution in [2.75, 3.05) is 0 Å². The first-order valence-corrected chi connectivity index (χ1v) is 6.68. The summed E-state index contributed by atoms with van der Waals surface area (Å²) >= 11 is 0. The third-order valence-electron chi connectivity index (χ3n) is 3.34. The summed E-state index contributed by atoms with van der Waals surface area (Å²) in [4.78, 5) is 4.34. The highest BCUT2D eigenvalue weighted by atomic mass is 15.0. The number of rotatable bonds is 6. The van der Waals surface area contributed by atoms with Gasteiger partial charge >= 0.3 is 0 Å². The number of nitrogens with zero attached hydrogens (tertiary/aromatic N) is 2. The van der Waals surface area contributed by atoms with Gasteiger partial charge in [0.1, 0.15) is 0 Å². The lowest BCUT2D eigenvalue weighted by molar-refractivity contribution is 0.669. The maximum Gasteiger partial charge on any atom is 0.0421 e. The highest BCUT2D eigenvalue weighted by Crippen LogP contribution is 2.19. The summed E-state index contributed by atoms with van der Waals surface area (Å²) < 4.78 is 2.25. The Kier molecular flexibility index (Phi) is 3.42. The van der Waals surface area contributed by atoms with Gasteiger partial charge in [0.25, 0.3) is 0 Å². The number of nitrogens with one attached hydrogen (secondary N) is 1. The predicted octanol–water partition coefficient (Wildman–Crippen LogP) is 2.38. The van der Waals surface area contributed by atoms with Crippen LogP contribution in [0, 0.1) is 0 Å². The normalized spacial score (nSPS) is 14.9. The van der Waals surface area contributed by atoms with Gasteiger partial charge in [0.2, 0.25) is 0 Å². The molecule has 1 aliphatic carbocycles. The van der Waals surface area contributed by atoms with Crippen LogP contribution < -0.4 is 5.32 Å². The Balaban J connectivity index is 1.50. The number of aromatic nitrogens is 2. The minimum Gasteiger partial charge on any atom is -0.354 e. The van der Waals surface area contributed by atoms with E-state index in [9.17, 15) is 0 Å². The Labute approximate surface area is 108 Å². The Hall–Kier alpha value is -1.61. The molecule has 18 heavy (non-hydrogen) atoms. The first kappa shape index (κ1) is 11.5. The van der Waals surface area contributed by atoms with Gasteiger partial charge in [0.15, 0.2) is 0 Å². The molecule has 94 valence electrons. The lowest BCUT2D eigenvalue weighted by Gasteiger charge is -2.02. The second-order valence-electron chi connectivity index (χ2n) is 4.98. The van der Waals surface area contributed by atoms with Crippen molar-refractivity contribution < 1.29 is 0 Å². The minimum atomic E-state index is 0.780. The average Bonchev–Trinajstić information content (AvgIpc) is 3.14. The Morgan fingerprint density at radius 1 is 1.28 bits per heavy atom. The first-order valence-electron chi connectivity index (χ1n) is 6.68. The van der Waals surface area contributed by atoms with E-state index >= 15 is 0 Å². The van der Waals surface area contributed by atoms with Gasteiger partial charge in [0, 0.05) is 49.8 Å². The van der Waals surface area contributed by atoms with Crippen LogP contribution in [0.1, 0.15) is 24.1 Å². The van der Waals surface area contributed by atoms with Gasteiger partial charge in [-0.25, -0.2) is 0 Å². The number of pyridine rings is 1. The van der Waals surface area contributed by atoms with E-state index in [1.807, 2.05) is 18.3 Å². The molecule has 1 fully saturated rings. The van der Waals surface area contributed by atoms with Crippen molar-refractivity contribution in [1.29, 1.82) is 0 Å². The van der Waals surface area contributed by atoms with Crippen LogP contribution in [0.2, 0.25) is 0 Å². The summed E-state index contributed by atoms with van der Waals surface area (Å²) in [5, 5.41) is 3.53.